The lowest BCUT2D eigenvalue weighted by Crippen LogP contribution is -2.26. The molecule has 0 fully saturated rings. The third kappa shape index (κ3) is 4.24. The Bertz CT molecular complexity index is 1030. The average molecular weight is 391 g/mol. The summed E-state index contributed by atoms with van der Waals surface area (Å²) in [6.07, 6.45) is 3.65. The van der Waals surface area contributed by atoms with E-state index in [9.17, 15) is 14.4 Å². The quantitative estimate of drug-likeness (QED) is 0.493. The monoisotopic (exact) mass is 391 g/mol. The van der Waals surface area contributed by atoms with E-state index in [-0.39, 0.29) is 30.3 Å². The number of pyridine rings is 1. The van der Waals surface area contributed by atoms with Gasteiger partial charge in [-0.25, -0.2) is 4.79 Å². The van der Waals surface area contributed by atoms with Crippen molar-refractivity contribution in [3.8, 4) is 11.3 Å². The smallest absolute Gasteiger partial charge is 0.340 e. The third-order valence-electron chi connectivity index (χ3n) is 4.43. The number of hydrogen-bond acceptors (Lipinski definition) is 5. The zero-order valence-corrected chi connectivity index (χ0v) is 16.2. The molecule has 2 heterocycles. The number of aldehydes is 1. The van der Waals surface area contributed by atoms with Crippen molar-refractivity contribution in [3.05, 3.63) is 77.2 Å². The maximum atomic E-state index is 12.7. The number of ether oxygens (including phenoxy) is 1. The normalized spacial score (nSPS) is 10.4. The maximum Gasteiger partial charge on any atom is 0.340 e. The summed E-state index contributed by atoms with van der Waals surface area (Å²) in [4.78, 5) is 45.3. The number of amides is 1. The number of carbonyl (C=O) groups excluding carboxylic acids is 3. The zero-order chi connectivity index (χ0) is 20.8. The van der Waals surface area contributed by atoms with E-state index in [1.54, 1.807) is 55.4 Å². The third-order valence-corrected chi connectivity index (χ3v) is 4.43. The number of esters is 1. The number of H-pyrrole nitrogens is 1. The van der Waals surface area contributed by atoms with Gasteiger partial charge in [-0.05, 0) is 30.7 Å². The molecule has 1 aromatic carbocycles. The molecule has 0 radical (unpaired) electrons. The topological polar surface area (TPSA) is 92.4 Å². The molecular formula is C22H21N3O4. The Kier molecular flexibility index (Phi) is 6.19. The molecule has 0 spiro atoms. The molecule has 148 valence electrons. The fourth-order valence-corrected chi connectivity index (χ4v) is 3.08. The van der Waals surface area contributed by atoms with Crippen LogP contribution in [-0.2, 0) is 11.3 Å². The minimum Gasteiger partial charge on any atom is -0.462 e. The highest BCUT2D eigenvalue weighted by Crippen LogP contribution is 2.29. The van der Waals surface area contributed by atoms with Gasteiger partial charge in [0.1, 0.15) is 0 Å². The highest BCUT2D eigenvalue weighted by atomic mass is 16.5. The predicted octanol–water partition coefficient (Wildman–Crippen LogP) is 3.34. The molecule has 3 rings (SSSR count). The van der Waals surface area contributed by atoms with Crippen LogP contribution in [0.1, 0.15) is 43.7 Å². The predicted molar refractivity (Wildman–Crippen MR) is 108 cm³/mol. The molecule has 29 heavy (non-hydrogen) atoms. The molecule has 0 saturated heterocycles. The number of rotatable bonds is 7. The van der Waals surface area contributed by atoms with Gasteiger partial charge in [0, 0.05) is 37.1 Å². The molecule has 7 nitrogen and oxygen atoms in total. The fraction of sp³-hybridized carbons (Fsp3) is 0.182. The van der Waals surface area contributed by atoms with Crippen molar-refractivity contribution in [2.75, 3.05) is 13.7 Å². The molecule has 0 bridgehead atoms. The van der Waals surface area contributed by atoms with Gasteiger partial charge in [-0.1, -0.05) is 24.3 Å². The minimum absolute atomic E-state index is 0.143. The van der Waals surface area contributed by atoms with Crippen LogP contribution >= 0.6 is 0 Å². The van der Waals surface area contributed by atoms with E-state index in [0.717, 1.165) is 0 Å². The van der Waals surface area contributed by atoms with E-state index >= 15 is 0 Å². The summed E-state index contributed by atoms with van der Waals surface area (Å²) < 4.78 is 5.10. The lowest BCUT2D eigenvalue weighted by molar-refractivity contribution is 0.0527. The molecule has 3 aromatic rings. The lowest BCUT2D eigenvalue weighted by Gasteiger charge is -2.19. The van der Waals surface area contributed by atoms with E-state index in [1.165, 1.54) is 6.20 Å². The second-order valence-corrected chi connectivity index (χ2v) is 6.37. The summed E-state index contributed by atoms with van der Waals surface area (Å²) in [7, 11) is 1.69. The molecule has 1 N–H and O–H groups in total. The highest BCUT2D eigenvalue weighted by molar-refractivity contribution is 6.02. The summed E-state index contributed by atoms with van der Waals surface area (Å²) in [5.41, 5.74) is 2.55. The van der Waals surface area contributed by atoms with Crippen LogP contribution in [-0.4, -0.2) is 46.7 Å². The molecule has 2 aromatic heterocycles. The van der Waals surface area contributed by atoms with Crippen molar-refractivity contribution in [1.82, 2.24) is 14.9 Å². The van der Waals surface area contributed by atoms with Gasteiger partial charge in [-0.2, -0.15) is 0 Å². The first-order valence-electron chi connectivity index (χ1n) is 9.15. The Morgan fingerprint density at radius 1 is 1.17 bits per heavy atom. The number of aromatic amines is 1. The Morgan fingerprint density at radius 3 is 2.62 bits per heavy atom. The van der Waals surface area contributed by atoms with Gasteiger partial charge in [0.2, 0.25) is 0 Å². The number of nitrogens with one attached hydrogen (secondary N) is 1. The van der Waals surface area contributed by atoms with Crippen molar-refractivity contribution >= 4 is 18.2 Å². The molecule has 0 aliphatic heterocycles. The van der Waals surface area contributed by atoms with Crippen LogP contribution in [0.4, 0.5) is 0 Å². The molecule has 0 atom stereocenters. The van der Waals surface area contributed by atoms with Gasteiger partial charge in [0.25, 0.3) is 5.91 Å². The van der Waals surface area contributed by atoms with Crippen molar-refractivity contribution in [1.29, 1.82) is 0 Å². The van der Waals surface area contributed by atoms with Crippen LogP contribution < -0.4 is 0 Å². The van der Waals surface area contributed by atoms with Crippen LogP contribution in [0.3, 0.4) is 0 Å². The fourth-order valence-electron chi connectivity index (χ4n) is 3.08. The van der Waals surface area contributed by atoms with Gasteiger partial charge in [-0.15, -0.1) is 0 Å². The lowest BCUT2D eigenvalue weighted by atomic mass is 10.0. The van der Waals surface area contributed by atoms with Crippen molar-refractivity contribution < 1.29 is 19.1 Å². The Morgan fingerprint density at radius 2 is 1.93 bits per heavy atom. The first-order chi connectivity index (χ1) is 14.1. The van der Waals surface area contributed by atoms with Crippen molar-refractivity contribution in [3.63, 3.8) is 0 Å². The Hall–Kier alpha value is -3.74. The molecule has 0 aliphatic rings. The first kappa shape index (κ1) is 20.0. The van der Waals surface area contributed by atoms with Crippen LogP contribution in [0.25, 0.3) is 11.3 Å². The van der Waals surface area contributed by atoms with E-state index in [2.05, 4.69) is 9.97 Å². The van der Waals surface area contributed by atoms with Crippen LogP contribution in [0, 0.1) is 0 Å². The molecule has 0 saturated carbocycles. The standard InChI is InChI=1S/C22H21N3O4/c1-3-29-22(28)17-12-24-18(14-26)19(17)20-16(10-7-11-23-20)13-25(2)21(27)15-8-5-4-6-9-15/h4-12,14,24H,3,13H2,1-2H3. The van der Waals surface area contributed by atoms with Crippen LogP contribution in [0.5, 0.6) is 0 Å². The number of aromatic nitrogens is 2. The van der Waals surface area contributed by atoms with E-state index < -0.39 is 5.97 Å². The van der Waals surface area contributed by atoms with Gasteiger partial charge in [0.05, 0.1) is 23.6 Å². The largest absolute Gasteiger partial charge is 0.462 e. The van der Waals surface area contributed by atoms with Gasteiger partial charge >= 0.3 is 5.97 Å². The van der Waals surface area contributed by atoms with Gasteiger partial charge in [-0.3, -0.25) is 14.6 Å². The Balaban J connectivity index is 1.98. The summed E-state index contributed by atoms with van der Waals surface area (Å²) in [6.45, 7) is 2.17. The van der Waals surface area contributed by atoms with Crippen LogP contribution in [0.2, 0.25) is 0 Å². The minimum atomic E-state index is -0.544. The summed E-state index contributed by atoms with van der Waals surface area (Å²) in [6, 6.07) is 12.5. The van der Waals surface area contributed by atoms with Crippen molar-refractivity contribution in [2.24, 2.45) is 0 Å². The number of hydrogen-bond donors (Lipinski definition) is 1. The molecule has 0 aliphatic carbocycles. The molecule has 1 amide bonds. The number of nitrogens with zero attached hydrogens (tertiary/aromatic N) is 2. The zero-order valence-electron chi connectivity index (χ0n) is 16.2. The van der Waals surface area contributed by atoms with E-state index in [0.29, 0.717) is 28.7 Å². The molecule has 0 unspecified atom stereocenters. The SMILES string of the molecule is CCOC(=O)c1c[nH]c(C=O)c1-c1ncccc1CN(C)C(=O)c1ccccc1. The van der Waals surface area contributed by atoms with E-state index in [1.807, 2.05) is 12.1 Å². The van der Waals surface area contributed by atoms with Crippen LogP contribution in [0.15, 0.2) is 54.9 Å². The number of benzene rings is 1. The van der Waals surface area contributed by atoms with Gasteiger partial charge < -0.3 is 14.6 Å². The molecule has 7 heteroatoms. The first-order valence-corrected chi connectivity index (χ1v) is 9.15. The second-order valence-electron chi connectivity index (χ2n) is 6.37. The van der Waals surface area contributed by atoms with Crippen molar-refractivity contribution in [2.45, 2.75) is 13.5 Å². The summed E-state index contributed by atoms with van der Waals surface area (Å²) in [5, 5.41) is 0. The summed E-state index contributed by atoms with van der Waals surface area (Å²) >= 11 is 0. The average Bonchev–Trinajstić information content (AvgIpc) is 3.18. The number of carbonyl (C=O) groups is 3. The maximum absolute atomic E-state index is 12.7. The Labute approximate surface area is 168 Å². The molecular weight excluding hydrogens is 370 g/mol. The van der Waals surface area contributed by atoms with E-state index in [4.69, 9.17) is 4.74 Å². The second kappa shape index (κ2) is 8.97. The summed E-state index contributed by atoms with van der Waals surface area (Å²) in [5.74, 6) is -0.687. The van der Waals surface area contributed by atoms with Gasteiger partial charge in [0.15, 0.2) is 6.29 Å². The highest BCUT2D eigenvalue weighted by Gasteiger charge is 2.23.